The summed E-state index contributed by atoms with van der Waals surface area (Å²) in [5.41, 5.74) is 7.40. The average Bonchev–Trinajstić information content (AvgIpc) is 3.03. The second-order valence-corrected chi connectivity index (χ2v) is 5.42. The first kappa shape index (κ1) is 14.4. The number of aliphatic imine (C=N–C) groups is 1. The van der Waals surface area contributed by atoms with Crippen LogP contribution in [0.15, 0.2) is 33.2 Å². The highest BCUT2D eigenvalue weighted by atomic mass is 16.1. The van der Waals surface area contributed by atoms with Crippen LogP contribution < -0.4 is 16.6 Å². The Morgan fingerprint density at radius 2 is 2.00 bits per heavy atom. The summed E-state index contributed by atoms with van der Waals surface area (Å²) in [6.45, 7) is 5.86. The predicted octanol–water partition coefficient (Wildman–Crippen LogP) is 0.929. The van der Waals surface area contributed by atoms with Gasteiger partial charge in [0, 0.05) is 25.7 Å². The number of aromatic nitrogens is 2. The van der Waals surface area contributed by atoms with Crippen molar-refractivity contribution in [3.63, 3.8) is 0 Å². The number of hydrogen-bond donors (Lipinski definition) is 2. The monoisotopic (exact) mass is 301 g/mol. The van der Waals surface area contributed by atoms with Gasteiger partial charge in [0.15, 0.2) is 17.3 Å². The molecule has 0 spiro atoms. The lowest BCUT2D eigenvalue weighted by atomic mass is 10.0. The van der Waals surface area contributed by atoms with Gasteiger partial charge in [0.05, 0.1) is 11.4 Å². The van der Waals surface area contributed by atoms with E-state index in [0.717, 1.165) is 13.0 Å². The van der Waals surface area contributed by atoms with Crippen molar-refractivity contribution < 1.29 is 4.79 Å². The first-order valence-corrected chi connectivity index (χ1v) is 7.39. The third-order valence-corrected chi connectivity index (χ3v) is 3.85. The lowest BCUT2D eigenvalue weighted by Crippen LogP contribution is -2.19. The van der Waals surface area contributed by atoms with Crippen LogP contribution >= 0.6 is 0 Å². The van der Waals surface area contributed by atoms with Crippen LogP contribution in [-0.2, 0) is 17.9 Å². The summed E-state index contributed by atoms with van der Waals surface area (Å²) in [6.07, 6.45) is 3.92. The van der Waals surface area contributed by atoms with E-state index in [1.54, 1.807) is 17.7 Å². The summed E-state index contributed by atoms with van der Waals surface area (Å²) >= 11 is 0. The lowest BCUT2D eigenvalue weighted by Gasteiger charge is -2.10. The van der Waals surface area contributed by atoms with E-state index >= 15 is 0 Å². The quantitative estimate of drug-likeness (QED) is 0.812. The van der Waals surface area contributed by atoms with Crippen molar-refractivity contribution in [3.05, 3.63) is 33.8 Å². The van der Waals surface area contributed by atoms with Crippen molar-refractivity contribution in [2.45, 2.75) is 33.4 Å². The zero-order valence-electron chi connectivity index (χ0n) is 12.7. The maximum Gasteiger partial charge on any atom is 0.294 e. The third kappa shape index (κ3) is 2.18. The molecule has 0 fully saturated rings. The minimum atomic E-state index is -0.128. The number of allylic oxidation sites excluding steroid dienone is 3. The van der Waals surface area contributed by atoms with Crippen molar-refractivity contribution >= 4 is 23.0 Å². The van der Waals surface area contributed by atoms with Crippen LogP contribution in [0, 0.1) is 0 Å². The number of nitrogens with zero attached hydrogens (tertiary/aromatic N) is 3. The van der Waals surface area contributed by atoms with E-state index in [-0.39, 0.29) is 17.0 Å². The van der Waals surface area contributed by atoms with E-state index in [2.05, 4.69) is 10.3 Å². The Labute approximate surface area is 127 Å². The van der Waals surface area contributed by atoms with Gasteiger partial charge in [-0.1, -0.05) is 0 Å². The Kier molecular flexibility index (Phi) is 3.48. The minimum Gasteiger partial charge on any atom is -0.397 e. The Morgan fingerprint density at radius 1 is 1.27 bits per heavy atom. The van der Waals surface area contributed by atoms with Crippen LogP contribution in [0.2, 0.25) is 0 Å². The van der Waals surface area contributed by atoms with Gasteiger partial charge in [0.25, 0.3) is 5.56 Å². The minimum absolute atomic E-state index is 0.126. The van der Waals surface area contributed by atoms with Gasteiger partial charge in [-0.2, -0.15) is 0 Å². The molecule has 2 aliphatic rings. The molecule has 1 aliphatic carbocycles. The van der Waals surface area contributed by atoms with Gasteiger partial charge in [-0.05, 0) is 31.9 Å². The summed E-state index contributed by atoms with van der Waals surface area (Å²) in [5.74, 6) is 0.590. The first-order valence-electron chi connectivity index (χ1n) is 7.39. The summed E-state index contributed by atoms with van der Waals surface area (Å²) in [5, 5.41) is 3.21. The fraction of sp³-hybridized carbons (Fsp3) is 0.400. The molecule has 116 valence electrons. The molecule has 3 rings (SSSR count). The molecule has 0 unspecified atom stereocenters. The molecule has 2 heterocycles. The van der Waals surface area contributed by atoms with Crippen LogP contribution in [0.5, 0.6) is 0 Å². The number of anilines is 1. The van der Waals surface area contributed by atoms with Gasteiger partial charge in [-0.3, -0.25) is 14.3 Å². The highest BCUT2D eigenvalue weighted by molar-refractivity contribution is 6.22. The maximum absolute atomic E-state index is 12.5. The van der Waals surface area contributed by atoms with Gasteiger partial charge in [0.1, 0.15) is 0 Å². The van der Waals surface area contributed by atoms with Crippen molar-refractivity contribution in [3.8, 4) is 0 Å². The summed E-state index contributed by atoms with van der Waals surface area (Å²) < 4.78 is 3.62. The largest absolute Gasteiger partial charge is 0.397 e. The molecule has 0 saturated carbocycles. The fourth-order valence-electron chi connectivity index (χ4n) is 2.75. The number of nitrogens with two attached hydrogens (primary N) is 1. The van der Waals surface area contributed by atoms with E-state index in [0.29, 0.717) is 35.9 Å². The zero-order chi connectivity index (χ0) is 15.9. The Balaban J connectivity index is 2.14. The van der Waals surface area contributed by atoms with Crippen LogP contribution in [0.25, 0.3) is 0 Å². The van der Waals surface area contributed by atoms with Crippen molar-refractivity contribution in [1.29, 1.82) is 0 Å². The molecular weight excluding hydrogens is 282 g/mol. The molecule has 0 amide bonds. The molecule has 0 bridgehead atoms. The molecule has 0 saturated heterocycles. The van der Waals surface area contributed by atoms with Gasteiger partial charge in [0.2, 0.25) is 0 Å². The number of nitrogens with one attached hydrogen (secondary N) is 1. The second kappa shape index (κ2) is 5.32. The highest BCUT2D eigenvalue weighted by Gasteiger charge is 2.24. The molecular formula is C15H19N5O2. The summed E-state index contributed by atoms with van der Waals surface area (Å²) in [7, 11) is 0. The van der Waals surface area contributed by atoms with Crippen molar-refractivity contribution in [2.24, 2.45) is 10.7 Å². The molecule has 1 aromatic heterocycles. The normalized spacial score (nSPS) is 19.2. The van der Waals surface area contributed by atoms with Crippen LogP contribution in [-0.4, -0.2) is 27.4 Å². The van der Waals surface area contributed by atoms with Gasteiger partial charge in [-0.25, -0.2) is 9.67 Å². The number of carbonyl (C=O) groups excluding carboxylic acids is 1. The molecule has 0 atom stereocenters. The molecule has 22 heavy (non-hydrogen) atoms. The first-order chi connectivity index (χ1) is 10.5. The summed E-state index contributed by atoms with van der Waals surface area (Å²) in [6, 6.07) is 0. The van der Waals surface area contributed by atoms with E-state index in [1.807, 2.05) is 11.6 Å². The molecule has 0 radical (unpaired) electrons. The van der Waals surface area contributed by atoms with Gasteiger partial charge < -0.3 is 11.1 Å². The Bertz CT molecular complexity index is 792. The Hall–Kier alpha value is -2.57. The number of ketones is 1. The van der Waals surface area contributed by atoms with E-state index < -0.39 is 0 Å². The standard InChI is InChI=1S/C15H19N5O2/c1-3-17-14-13(15(22)20-6-4-5-19(14)20)18-11-7-9(2)12(21)8-10(11)16/h7-8,17H,3-6,16H2,1-2H3. The molecule has 7 nitrogen and oxygen atoms in total. The van der Waals surface area contributed by atoms with E-state index in [1.165, 1.54) is 6.08 Å². The van der Waals surface area contributed by atoms with Crippen LogP contribution in [0.4, 0.5) is 11.5 Å². The fourth-order valence-corrected chi connectivity index (χ4v) is 2.75. The molecule has 0 aromatic carbocycles. The molecule has 1 aromatic rings. The van der Waals surface area contributed by atoms with E-state index in [9.17, 15) is 9.59 Å². The van der Waals surface area contributed by atoms with E-state index in [4.69, 9.17) is 5.73 Å². The van der Waals surface area contributed by atoms with Gasteiger partial charge >= 0.3 is 0 Å². The van der Waals surface area contributed by atoms with Crippen LogP contribution in [0.3, 0.4) is 0 Å². The summed E-state index contributed by atoms with van der Waals surface area (Å²) in [4.78, 5) is 28.6. The SMILES string of the molecule is CCNc1c(N=C2C=C(C)C(=O)C=C2N)c(=O)n2n1CCC2. The smallest absolute Gasteiger partial charge is 0.294 e. The zero-order valence-corrected chi connectivity index (χ0v) is 12.7. The average molecular weight is 301 g/mol. The number of fused-ring (bicyclic) bond motifs is 1. The molecule has 3 N–H and O–H groups in total. The van der Waals surface area contributed by atoms with Crippen molar-refractivity contribution in [2.75, 3.05) is 11.9 Å². The second-order valence-electron chi connectivity index (χ2n) is 5.42. The Morgan fingerprint density at radius 3 is 2.73 bits per heavy atom. The van der Waals surface area contributed by atoms with Gasteiger partial charge in [-0.15, -0.1) is 0 Å². The lowest BCUT2D eigenvalue weighted by molar-refractivity contribution is -0.111. The number of carbonyl (C=O) groups is 1. The molecule has 7 heteroatoms. The number of rotatable bonds is 3. The predicted molar refractivity (Wildman–Crippen MR) is 85.6 cm³/mol. The van der Waals surface area contributed by atoms with Crippen LogP contribution in [0.1, 0.15) is 20.3 Å². The topological polar surface area (TPSA) is 94.4 Å². The number of hydrogen-bond acceptors (Lipinski definition) is 5. The maximum atomic E-state index is 12.5. The highest BCUT2D eigenvalue weighted by Crippen LogP contribution is 2.26. The van der Waals surface area contributed by atoms with Crippen molar-refractivity contribution in [1.82, 2.24) is 9.36 Å². The molecule has 1 aliphatic heterocycles. The third-order valence-electron chi connectivity index (χ3n) is 3.85.